The van der Waals surface area contributed by atoms with E-state index in [1.165, 1.54) is 5.56 Å². The molecule has 0 heterocycles. The number of hydrogen-bond donors (Lipinski definition) is 1. The molecule has 2 aromatic rings. The van der Waals surface area contributed by atoms with Gasteiger partial charge in [-0.3, -0.25) is 4.79 Å². The van der Waals surface area contributed by atoms with Crippen LogP contribution in [-0.4, -0.2) is 17.9 Å². The molecule has 0 unspecified atom stereocenters. The second-order valence-corrected chi connectivity index (χ2v) is 5.97. The fraction of sp³-hybridized carbons (Fsp3) is 0.278. The molecule has 1 N–H and O–H groups in total. The Morgan fingerprint density at radius 3 is 2.00 bits per heavy atom. The van der Waals surface area contributed by atoms with Crippen LogP contribution in [0.1, 0.15) is 31.1 Å². The van der Waals surface area contributed by atoms with Crippen molar-refractivity contribution in [3.63, 3.8) is 0 Å². The summed E-state index contributed by atoms with van der Waals surface area (Å²) in [7, 11) is 0. The molecule has 0 aliphatic rings. The summed E-state index contributed by atoms with van der Waals surface area (Å²) in [6.45, 7) is 6.53. The molecule has 0 saturated carbocycles. The van der Waals surface area contributed by atoms with Crippen molar-refractivity contribution >= 4 is 5.78 Å². The molecule has 0 aliphatic heterocycles. The zero-order valence-corrected chi connectivity index (χ0v) is 12.3. The number of nitrogens with one attached hydrogen (secondary N) is 1. The Morgan fingerprint density at radius 1 is 0.900 bits per heavy atom. The van der Waals surface area contributed by atoms with Crippen molar-refractivity contribution in [2.45, 2.75) is 26.3 Å². The van der Waals surface area contributed by atoms with E-state index in [-0.39, 0.29) is 11.3 Å². The average Bonchev–Trinajstić information content (AvgIpc) is 2.45. The summed E-state index contributed by atoms with van der Waals surface area (Å²) in [5, 5.41) is 3.22. The zero-order chi connectivity index (χ0) is 14.6. The molecule has 0 bridgehead atoms. The van der Waals surface area contributed by atoms with Crippen LogP contribution in [0.2, 0.25) is 0 Å². The number of carbonyl (C=O) groups excluding carboxylic acids is 1. The van der Waals surface area contributed by atoms with Crippen molar-refractivity contribution in [3.05, 3.63) is 60.2 Å². The minimum atomic E-state index is -0.0420. The third kappa shape index (κ3) is 4.04. The highest BCUT2D eigenvalue weighted by Gasteiger charge is 2.12. The van der Waals surface area contributed by atoms with Crippen LogP contribution in [0.5, 0.6) is 0 Å². The third-order valence-corrected chi connectivity index (χ3v) is 3.09. The van der Waals surface area contributed by atoms with Crippen LogP contribution in [0.4, 0.5) is 0 Å². The molecule has 2 aromatic carbocycles. The molecule has 2 rings (SSSR count). The van der Waals surface area contributed by atoms with Gasteiger partial charge in [0.2, 0.25) is 0 Å². The number of benzene rings is 2. The SMILES string of the molecule is CC(C)(C)NCC(=O)c1ccc(-c2ccccc2)cc1. The lowest BCUT2D eigenvalue weighted by molar-refractivity contribution is 0.0982. The molecular formula is C18H21NO. The molecule has 20 heavy (non-hydrogen) atoms. The van der Waals surface area contributed by atoms with Crippen LogP contribution >= 0.6 is 0 Å². The Morgan fingerprint density at radius 2 is 1.45 bits per heavy atom. The van der Waals surface area contributed by atoms with Gasteiger partial charge in [0, 0.05) is 11.1 Å². The molecular weight excluding hydrogens is 246 g/mol. The largest absolute Gasteiger partial charge is 0.305 e. The molecule has 0 amide bonds. The van der Waals surface area contributed by atoms with Gasteiger partial charge in [-0.1, -0.05) is 54.6 Å². The van der Waals surface area contributed by atoms with Gasteiger partial charge in [0.15, 0.2) is 5.78 Å². The first-order valence-electron chi connectivity index (χ1n) is 6.89. The zero-order valence-electron chi connectivity index (χ0n) is 12.3. The minimum absolute atomic E-state index is 0.0420. The molecule has 0 aliphatic carbocycles. The van der Waals surface area contributed by atoms with E-state index >= 15 is 0 Å². The Kier molecular flexibility index (Phi) is 4.35. The Bertz CT molecular complexity index is 565. The van der Waals surface area contributed by atoms with E-state index in [0.29, 0.717) is 6.54 Å². The van der Waals surface area contributed by atoms with Gasteiger partial charge in [0.25, 0.3) is 0 Å². The summed E-state index contributed by atoms with van der Waals surface area (Å²) in [6.07, 6.45) is 0. The molecule has 2 heteroatoms. The predicted molar refractivity (Wildman–Crippen MR) is 84.0 cm³/mol. The van der Waals surface area contributed by atoms with Crippen LogP contribution in [0.25, 0.3) is 11.1 Å². The number of rotatable bonds is 4. The van der Waals surface area contributed by atoms with Crippen LogP contribution in [0, 0.1) is 0 Å². The molecule has 0 aromatic heterocycles. The van der Waals surface area contributed by atoms with Crippen molar-refractivity contribution < 1.29 is 4.79 Å². The first-order chi connectivity index (χ1) is 9.46. The Hall–Kier alpha value is -1.93. The van der Waals surface area contributed by atoms with Gasteiger partial charge >= 0.3 is 0 Å². The highest BCUT2D eigenvalue weighted by Crippen LogP contribution is 2.19. The van der Waals surface area contributed by atoms with E-state index < -0.39 is 0 Å². The molecule has 0 atom stereocenters. The Balaban J connectivity index is 2.07. The second-order valence-electron chi connectivity index (χ2n) is 5.97. The standard InChI is InChI=1S/C18H21NO/c1-18(2,3)19-13-17(20)16-11-9-15(10-12-16)14-7-5-4-6-8-14/h4-12,19H,13H2,1-3H3. The minimum Gasteiger partial charge on any atom is -0.305 e. The summed E-state index contributed by atoms with van der Waals surface area (Å²) in [6, 6.07) is 18.0. The van der Waals surface area contributed by atoms with Gasteiger partial charge in [-0.2, -0.15) is 0 Å². The summed E-state index contributed by atoms with van der Waals surface area (Å²) >= 11 is 0. The first-order valence-corrected chi connectivity index (χ1v) is 6.89. The lowest BCUT2D eigenvalue weighted by Crippen LogP contribution is -2.39. The lowest BCUT2D eigenvalue weighted by atomic mass is 10.0. The highest BCUT2D eigenvalue weighted by atomic mass is 16.1. The van der Waals surface area contributed by atoms with E-state index in [1.807, 2.05) is 42.5 Å². The van der Waals surface area contributed by atoms with Crippen LogP contribution in [0.3, 0.4) is 0 Å². The van der Waals surface area contributed by atoms with Crippen LogP contribution < -0.4 is 5.32 Å². The van der Waals surface area contributed by atoms with E-state index in [1.54, 1.807) is 0 Å². The van der Waals surface area contributed by atoms with Crippen LogP contribution in [0.15, 0.2) is 54.6 Å². The van der Waals surface area contributed by atoms with Crippen molar-refractivity contribution in [1.82, 2.24) is 5.32 Å². The van der Waals surface area contributed by atoms with E-state index in [0.717, 1.165) is 11.1 Å². The van der Waals surface area contributed by atoms with Gasteiger partial charge in [0.1, 0.15) is 0 Å². The lowest BCUT2D eigenvalue weighted by Gasteiger charge is -2.19. The second kappa shape index (κ2) is 6.02. The van der Waals surface area contributed by atoms with Crippen molar-refractivity contribution in [2.75, 3.05) is 6.54 Å². The summed E-state index contributed by atoms with van der Waals surface area (Å²) < 4.78 is 0. The van der Waals surface area contributed by atoms with Gasteiger partial charge in [0.05, 0.1) is 6.54 Å². The maximum atomic E-state index is 12.1. The smallest absolute Gasteiger partial charge is 0.176 e. The Labute approximate surface area is 120 Å². The quantitative estimate of drug-likeness (QED) is 0.851. The van der Waals surface area contributed by atoms with Crippen molar-refractivity contribution in [2.24, 2.45) is 0 Å². The van der Waals surface area contributed by atoms with Gasteiger partial charge in [-0.15, -0.1) is 0 Å². The van der Waals surface area contributed by atoms with E-state index in [4.69, 9.17) is 0 Å². The van der Waals surface area contributed by atoms with Gasteiger partial charge in [-0.05, 0) is 31.9 Å². The highest BCUT2D eigenvalue weighted by molar-refractivity contribution is 5.98. The number of Topliss-reactive ketones (excluding diaryl/α,β-unsaturated/α-hetero) is 1. The fourth-order valence-corrected chi connectivity index (χ4v) is 1.93. The fourth-order valence-electron chi connectivity index (χ4n) is 1.93. The average molecular weight is 267 g/mol. The molecule has 2 nitrogen and oxygen atoms in total. The maximum Gasteiger partial charge on any atom is 0.176 e. The monoisotopic (exact) mass is 267 g/mol. The van der Waals surface area contributed by atoms with E-state index in [2.05, 4.69) is 38.2 Å². The summed E-state index contributed by atoms with van der Waals surface area (Å²) in [5.41, 5.74) is 3.01. The first kappa shape index (κ1) is 14.5. The van der Waals surface area contributed by atoms with Gasteiger partial charge < -0.3 is 5.32 Å². The summed E-state index contributed by atoms with van der Waals surface area (Å²) in [5.74, 6) is 0.125. The molecule has 0 fully saturated rings. The number of carbonyl (C=O) groups is 1. The predicted octanol–water partition coefficient (Wildman–Crippen LogP) is 3.92. The number of hydrogen-bond acceptors (Lipinski definition) is 2. The third-order valence-electron chi connectivity index (χ3n) is 3.09. The van der Waals surface area contributed by atoms with Crippen LogP contribution in [-0.2, 0) is 0 Å². The maximum absolute atomic E-state index is 12.1. The van der Waals surface area contributed by atoms with Crippen molar-refractivity contribution in [3.8, 4) is 11.1 Å². The molecule has 0 saturated heterocycles. The topological polar surface area (TPSA) is 29.1 Å². The van der Waals surface area contributed by atoms with Gasteiger partial charge in [-0.25, -0.2) is 0 Å². The molecule has 0 spiro atoms. The van der Waals surface area contributed by atoms with E-state index in [9.17, 15) is 4.79 Å². The number of ketones is 1. The normalized spacial score (nSPS) is 11.3. The molecule has 104 valence electrons. The van der Waals surface area contributed by atoms with Crippen molar-refractivity contribution in [1.29, 1.82) is 0 Å². The molecule has 0 radical (unpaired) electrons. The summed E-state index contributed by atoms with van der Waals surface area (Å²) in [4.78, 5) is 12.1.